The number of ketones is 1. The Bertz CT molecular complexity index is 1040. The van der Waals surface area contributed by atoms with Crippen molar-refractivity contribution >= 4 is 17.4 Å². The van der Waals surface area contributed by atoms with Gasteiger partial charge in [-0.25, -0.2) is 0 Å². The molecule has 0 bridgehead atoms. The Hall–Kier alpha value is -3.28. The Balaban J connectivity index is 2.10. The van der Waals surface area contributed by atoms with Crippen LogP contribution in [0.25, 0.3) is 5.76 Å². The number of aliphatic hydroxyl groups is 1. The molecule has 1 fully saturated rings. The van der Waals surface area contributed by atoms with Crippen LogP contribution in [-0.4, -0.2) is 41.5 Å². The van der Waals surface area contributed by atoms with E-state index in [-0.39, 0.29) is 17.4 Å². The number of aliphatic hydroxyl groups excluding tert-OH is 1. The standard InChI is InChI=1S/C27H33NO5/c1-6-7-8-15-28-24(19-9-11-20(12-10-19)33-17(2)3)23(26(30)27(28)31)25(29)22-14-13-21(32-5)16-18(22)4/h9-14,16-17,24,29H,6-8,15H2,1-5H3/b25-23-. The molecule has 2 aromatic carbocycles. The molecule has 1 heterocycles. The van der Waals surface area contributed by atoms with Gasteiger partial charge < -0.3 is 19.5 Å². The van der Waals surface area contributed by atoms with Crippen molar-refractivity contribution in [3.05, 3.63) is 64.7 Å². The minimum absolute atomic E-state index is 0.0357. The first-order valence-corrected chi connectivity index (χ1v) is 11.5. The first-order chi connectivity index (χ1) is 15.8. The van der Waals surface area contributed by atoms with E-state index in [4.69, 9.17) is 9.47 Å². The van der Waals surface area contributed by atoms with Crippen LogP contribution in [0.15, 0.2) is 48.0 Å². The number of hydrogen-bond acceptors (Lipinski definition) is 5. The first kappa shape index (κ1) is 24.4. The molecule has 1 saturated heterocycles. The number of benzene rings is 2. The average molecular weight is 452 g/mol. The zero-order valence-corrected chi connectivity index (χ0v) is 20.1. The van der Waals surface area contributed by atoms with Crippen LogP contribution >= 0.6 is 0 Å². The third-order valence-electron chi connectivity index (χ3n) is 5.80. The molecule has 2 aromatic rings. The molecule has 33 heavy (non-hydrogen) atoms. The van der Waals surface area contributed by atoms with Gasteiger partial charge in [0.1, 0.15) is 17.3 Å². The second-order valence-electron chi connectivity index (χ2n) is 8.62. The SMILES string of the molecule is CCCCCN1C(=O)C(=O)/C(=C(\O)c2ccc(OC)cc2C)C1c1ccc(OC(C)C)cc1. The number of rotatable bonds is 9. The van der Waals surface area contributed by atoms with Gasteiger partial charge >= 0.3 is 0 Å². The molecule has 1 unspecified atom stereocenters. The largest absolute Gasteiger partial charge is 0.507 e. The van der Waals surface area contributed by atoms with E-state index in [2.05, 4.69) is 6.92 Å². The van der Waals surface area contributed by atoms with Crippen molar-refractivity contribution in [3.8, 4) is 11.5 Å². The number of nitrogens with zero attached hydrogens (tertiary/aromatic N) is 1. The summed E-state index contributed by atoms with van der Waals surface area (Å²) < 4.78 is 11.0. The summed E-state index contributed by atoms with van der Waals surface area (Å²) in [5.74, 6) is -0.0407. The van der Waals surface area contributed by atoms with Crippen molar-refractivity contribution in [2.24, 2.45) is 0 Å². The van der Waals surface area contributed by atoms with E-state index in [1.54, 1.807) is 30.2 Å². The van der Waals surface area contributed by atoms with Gasteiger partial charge in [0, 0.05) is 12.1 Å². The van der Waals surface area contributed by atoms with Crippen molar-refractivity contribution < 1.29 is 24.2 Å². The number of Topliss-reactive ketones (excluding diaryl/α,β-unsaturated/α-hetero) is 1. The Kier molecular flexibility index (Phi) is 7.79. The number of carbonyl (C=O) groups is 2. The summed E-state index contributed by atoms with van der Waals surface area (Å²) in [6.45, 7) is 8.28. The zero-order chi connectivity index (χ0) is 24.1. The van der Waals surface area contributed by atoms with E-state index < -0.39 is 17.7 Å². The number of hydrogen-bond donors (Lipinski definition) is 1. The fraction of sp³-hybridized carbons (Fsp3) is 0.407. The van der Waals surface area contributed by atoms with E-state index in [1.807, 2.05) is 45.0 Å². The van der Waals surface area contributed by atoms with E-state index in [0.29, 0.717) is 23.6 Å². The molecule has 176 valence electrons. The molecule has 1 aliphatic heterocycles. The molecule has 6 heteroatoms. The van der Waals surface area contributed by atoms with Crippen molar-refractivity contribution in [2.45, 2.75) is 59.1 Å². The summed E-state index contributed by atoms with van der Waals surface area (Å²) in [6.07, 6.45) is 2.78. The monoisotopic (exact) mass is 451 g/mol. The van der Waals surface area contributed by atoms with Crippen LogP contribution in [0.3, 0.4) is 0 Å². The molecular formula is C27H33NO5. The van der Waals surface area contributed by atoms with Crippen molar-refractivity contribution in [1.29, 1.82) is 0 Å². The van der Waals surface area contributed by atoms with Gasteiger partial charge in [0.05, 0.1) is 24.8 Å². The lowest BCUT2D eigenvalue weighted by atomic mass is 9.93. The maximum Gasteiger partial charge on any atom is 0.295 e. The van der Waals surface area contributed by atoms with Crippen LogP contribution in [0.4, 0.5) is 0 Å². The lowest BCUT2D eigenvalue weighted by Crippen LogP contribution is -2.30. The van der Waals surface area contributed by atoms with Crippen molar-refractivity contribution in [1.82, 2.24) is 4.90 Å². The molecule has 0 saturated carbocycles. The van der Waals surface area contributed by atoms with Gasteiger partial charge in [-0.05, 0) is 68.7 Å². The van der Waals surface area contributed by atoms with E-state index in [1.165, 1.54) is 0 Å². The number of amides is 1. The summed E-state index contributed by atoms with van der Waals surface area (Å²) in [5, 5.41) is 11.3. The normalized spacial score (nSPS) is 17.6. The van der Waals surface area contributed by atoms with Gasteiger partial charge in [-0.3, -0.25) is 9.59 Å². The average Bonchev–Trinajstić information content (AvgIpc) is 3.04. The highest BCUT2D eigenvalue weighted by molar-refractivity contribution is 6.46. The Morgan fingerprint density at radius 2 is 1.73 bits per heavy atom. The molecule has 0 aromatic heterocycles. The third-order valence-corrected chi connectivity index (χ3v) is 5.80. The second-order valence-corrected chi connectivity index (χ2v) is 8.62. The molecule has 0 aliphatic carbocycles. The van der Waals surface area contributed by atoms with Crippen LogP contribution in [0, 0.1) is 6.92 Å². The van der Waals surface area contributed by atoms with E-state index >= 15 is 0 Å². The molecule has 3 rings (SSSR count). The molecule has 0 radical (unpaired) electrons. The van der Waals surface area contributed by atoms with Crippen LogP contribution in [0.5, 0.6) is 11.5 Å². The van der Waals surface area contributed by atoms with Gasteiger partial charge in [0.15, 0.2) is 0 Å². The highest BCUT2D eigenvalue weighted by Gasteiger charge is 2.45. The number of unbranched alkanes of at least 4 members (excludes halogenated alkanes) is 2. The summed E-state index contributed by atoms with van der Waals surface area (Å²) >= 11 is 0. The quantitative estimate of drug-likeness (QED) is 0.239. The minimum atomic E-state index is -0.660. The van der Waals surface area contributed by atoms with Gasteiger partial charge in [0.25, 0.3) is 11.7 Å². The maximum absolute atomic E-state index is 13.1. The van der Waals surface area contributed by atoms with Gasteiger partial charge in [0.2, 0.25) is 0 Å². The van der Waals surface area contributed by atoms with Gasteiger partial charge in [-0.2, -0.15) is 0 Å². The van der Waals surface area contributed by atoms with Crippen molar-refractivity contribution in [3.63, 3.8) is 0 Å². The summed E-state index contributed by atoms with van der Waals surface area (Å²) in [5.41, 5.74) is 2.13. The number of ether oxygens (including phenoxy) is 2. The fourth-order valence-corrected chi connectivity index (χ4v) is 4.16. The molecule has 6 nitrogen and oxygen atoms in total. The van der Waals surface area contributed by atoms with E-state index in [0.717, 1.165) is 30.4 Å². The second kappa shape index (κ2) is 10.6. The lowest BCUT2D eigenvalue weighted by molar-refractivity contribution is -0.139. The molecule has 1 atom stereocenters. The van der Waals surface area contributed by atoms with E-state index in [9.17, 15) is 14.7 Å². The Morgan fingerprint density at radius 1 is 1.06 bits per heavy atom. The number of carbonyl (C=O) groups excluding carboxylic acids is 2. The van der Waals surface area contributed by atoms with Gasteiger partial charge in [-0.1, -0.05) is 31.9 Å². The zero-order valence-electron chi connectivity index (χ0n) is 20.1. The van der Waals surface area contributed by atoms with Crippen molar-refractivity contribution in [2.75, 3.05) is 13.7 Å². The number of methoxy groups -OCH3 is 1. The third kappa shape index (κ3) is 5.21. The summed E-state index contributed by atoms with van der Waals surface area (Å²) in [7, 11) is 1.57. The molecule has 1 aliphatic rings. The highest BCUT2D eigenvalue weighted by Crippen LogP contribution is 2.40. The topological polar surface area (TPSA) is 76.1 Å². The molecule has 1 amide bonds. The first-order valence-electron chi connectivity index (χ1n) is 11.5. The molecule has 0 spiro atoms. The highest BCUT2D eigenvalue weighted by atomic mass is 16.5. The van der Waals surface area contributed by atoms with Crippen LogP contribution in [0.1, 0.15) is 62.8 Å². The number of aryl methyl sites for hydroxylation is 1. The lowest BCUT2D eigenvalue weighted by Gasteiger charge is -2.25. The maximum atomic E-state index is 13.1. The van der Waals surface area contributed by atoms with Crippen LogP contribution in [-0.2, 0) is 9.59 Å². The molecular weight excluding hydrogens is 418 g/mol. The molecule has 1 N–H and O–H groups in total. The van der Waals surface area contributed by atoms with Crippen LogP contribution in [0.2, 0.25) is 0 Å². The number of likely N-dealkylation sites (tertiary alicyclic amines) is 1. The van der Waals surface area contributed by atoms with Gasteiger partial charge in [-0.15, -0.1) is 0 Å². The smallest absolute Gasteiger partial charge is 0.295 e. The minimum Gasteiger partial charge on any atom is -0.507 e. The Labute approximate surface area is 195 Å². The predicted octanol–water partition coefficient (Wildman–Crippen LogP) is 5.40. The summed E-state index contributed by atoms with van der Waals surface area (Å²) in [4.78, 5) is 27.7. The van der Waals surface area contributed by atoms with Crippen LogP contribution < -0.4 is 9.47 Å². The Morgan fingerprint density at radius 3 is 2.30 bits per heavy atom. The summed E-state index contributed by atoms with van der Waals surface area (Å²) in [6, 6.07) is 12.0. The fourth-order valence-electron chi connectivity index (χ4n) is 4.16. The predicted molar refractivity (Wildman–Crippen MR) is 128 cm³/mol.